The Labute approximate surface area is 240 Å². The van der Waals surface area contributed by atoms with Gasteiger partial charge in [0.1, 0.15) is 17.5 Å². The predicted molar refractivity (Wildman–Crippen MR) is 149 cm³/mol. The second-order valence-electron chi connectivity index (χ2n) is 10.4. The average Bonchev–Trinajstić information content (AvgIpc) is 3.35. The summed E-state index contributed by atoms with van der Waals surface area (Å²) in [6.07, 6.45) is -0.0257. The average molecular weight is 586 g/mol. The van der Waals surface area contributed by atoms with Crippen LogP contribution in [0.2, 0.25) is 5.02 Å². The Balaban J connectivity index is 1.40. The van der Waals surface area contributed by atoms with Crippen molar-refractivity contribution in [2.24, 2.45) is 13.0 Å². The molecule has 1 N–H and O–H groups in total. The summed E-state index contributed by atoms with van der Waals surface area (Å²) < 4.78 is 29.9. The Hall–Kier alpha value is -3.99. The lowest BCUT2D eigenvalue weighted by Gasteiger charge is -2.36. The second kappa shape index (κ2) is 11.9. The van der Waals surface area contributed by atoms with Gasteiger partial charge in [-0.15, -0.1) is 0 Å². The van der Waals surface area contributed by atoms with Gasteiger partial charge in [-0.25, -0.2) is 18.3 Å². The Morgan fingerprint density at radius 1 is 1.00 bits per heavy atom. The van der Waals surface area contributed by atoms with E-state index in [1.807, 2.05) is 17.0 Å². The number of carbonyl (C=O) groups is 2. The number of amides is 2. The van der Waals surface area contributed by atoms with E-state index in [1.54, 1.807) is 23.1 Å². The molecule has 0 bridgehead atoms. The van der Waals surface area contributed by atoms with Gasteiger partial charge in [0.05, 0.1) is 12.0 Å². The lowest BCUT2D eigenvalue weighted by molar-refractivity contribution is -0.136. The fourth-order valence-electron chi connectivity index (χ4n) is 5.86. The number of carbonyl (C=O) groups excluding carboxylic acids is 1. The van der Waals surface area contributed by atoms with Gasteiger partial charge in [0.2, 0.25) is 5.91 Å². The van der Waals surface area contributed by atoms with Gasteiger partial charge >= 0.3 is 6.09 Å². The van der Waals surface area contributed by atoms with Crippen molar-refractivity contribution in [3.05, 3.63) is 92.7 Å². The van der Waals surface area contributed by atoms with Crippen LogP contribution in [-0.4, -0.2) is 69.4 Å². The van der Waals surface area contributed by atoms with Crippen LogP contribution in [0, 0.1) is 17.6 Å². The second-order valence-corrected chi connectivity index (χ2v) is 10.9. The first-order valence-electron chi connectivity index (χ1n) is 13.4. The summed E-state index contributed by atoms with van der Waals surface area (Å²) in [5.41, 5.74) is 0.765. The van der Waals surface area contributed by atoms with Crippen LogP contribution in [0.4, 0.5) is 19.4 Å². The van der Waals surface area contributed by atoms with Crippen molar-refractivity contribution in [3.63, 3.8) is 0 Å². The molecule has 3 atom stereocenters. The summed E-state index contributed by atoms with van der Waals surface area (Å²) in [4.78, 5) is 43.0. The minimum Gasteiger partial charge on any atom is -0.465 e. The molecule has 0 spiro atoms. The molecular weight excluding hydrogens is 556 g/mol. The number of aromatic nitrogens is 2. The van der Waals surface area contributed by atoms with Gasteiger partial charge in [-0.1, -0.05) is 29.8 Å². The SMILES string of the molecule is Cn1nc(N2C[C@@H](C(=O)N3CCC[C@@H](c4ccc(Cl)cc4)N(C(=O)O)CC3)[C@H](c3ccc(F)cc3F)C2)ccc1=O. The topological polar surface area (TPSA) is 99.0 Å². The molecule has 0 saturated carbocycles. The summed E-state index contributed by atoms with van der Waals surface area (Å²) in [5, 5.41) is 14.9. The molecule has 2 amide bonds. The van der Waals surface area contributed by atoms with Crippen molar-refractivity contribution < 1.29 is 23.5 Å². The lowest BCUT2D eigenvalue weighted by atomic mass is 9.87. The number of anilines is 1. The zero-order chi connectivity index (χ0) is 29.3. The van der Waals surface area contributed by atoms with Crippen LogP contribution in [-0.2, 0) is 11.8 Å². The molecule has 0 aliphatic carbocycles. The van der Waals surface area contributed by atoms with E-state index < -0.39 is 29.6 Å². The number of hydrogen-bond donors (Lipinski definition) is 1. The maximum atomic E-state index is 15.0. The maximum absolute atomic E-state index is 15.0. The van der Waals surface area contributed by atoms with E-state index in [2.05, 4.69) is 5.10 Å². The number of hydrogen-bond acceptors (Lipinski definition) is 5. The molecule has 2 aromatic carbocycles. The van der Waals surface area contributed by atoms with Crippen LogP contribution in [0.15, 0.2) is 59.4 Å². The molecule has 3 heterocycles. The highest BCUT2D eigenvalue weighted by atomic mass is 35.5. The molecule has 2 saturated heterocycles. The number of nitrogens with zero attached hydrogens (tertiary/aromatic N) is 5. The monoisotopic (exact) mass is 585 g/mol. The van der Waals surface area contributed by atoms with Crippen molar-refractivity contribution >= 4 is 29.4 Å². The molecule has 2 fully saturated rings. The van der Waals surface area contributed by atoms with E-state index in [0.717, 1.165) is 11.6 Å². The van der Waals surface area contributed by atoms with Crippen LogP contribution < -0.4 is 10.5 Å². The van der Waals surface area contributed by atoms with Crippen molar-refractivity contribution in [1.82, 2.24) is 19.6 Å². The third kappa shape index (κ3) is 6.04. The van der Waals surface area contributed by atoms with Gasteiger partial charge in [-0.3, -0.25) is 14.5 Å². The highest BCUT2D eigenvalue weighted by molar-refractivity contribution is 6.30. The molecule has 41 heavy (non-hydrogen) atoms. The standard InChI is InChI=1S/C29H30ClF2N5O4/c1-34-27(38)11-10-26(33-34)36-16-22(21-9-8-20(31)15-24(21)32)23(17-36)28(39)35-12-2-3-25(37(14-13-35)29(40)41)18-4-6-19(30)7-5-18/h4-11,15,22-23,25H,2-3,12-14,16-17H2,1H3,(H,40,41)/t22-,23+,25-/m0/s1. The molecule has 216 valence electrons. The van der Waals surface area contributed by atoms with Crippen molar-refractivity contribution in [2.45, 2.75) is 24.8 Å². The number of halogens is 3. The van der Waals surface area contributed by atoms with Gasteiger partial charge in [-0.2, -0.15) is 5.10 Å². The van der Waals surface area contributed by atoms with Crippen molar-refractivity contribution in [1.29, 1.82) is 0 Å². The van der Waals surface area contributed by atoms with E-state index >= 15 is 0 Å². The number of rotatable bonds is 4. The van der Waals surface area contributed by atoms with Gasteiger partial charge in [0.25, 0.3) is 5.56 Å². The highest BCUT2D eigenvalue weighted by Gasteiger charge is 2.42. The zero-order valence-corrected chi connectivity index (χ0v) is 23.2. The molecule has 9 nitrogen and oxygen atoms in total. The fourth-order valence-corrected chi connectivity index (χ4v) is 5.99. The molecule has 3 aromatic rings. The molecule has 5 rings (SSSR count). The summed E-state index contributed by atoms with van der Waals surface area (Å²) in [5.74, 6) is -2.52. The minimum atomic E-state index is -1.08. The van der Waals surface area contributed by atoms with Crippen LogP contribution in [0.3, 0.4) is 0 Å². The van der Waals surface area contributed by atoms with Gasteiger partial charge in [0, 0.05) is 62.8 Å². The minimum absolute atomic E-state index is 0.0999. The summed E-state index contributed by atoms with van der Waals surface area (Å²) in [6.45, 7) is 1.12. The molecule has 2 aliphatic heterocycles. The molecule has 1 aromatic heterocycles. The van der Waals surface area contributed by atoms with E-state index in [0.29, 0.717) is 30.2 Å². The first kappa shape index (κ1) is 28.5. The first-order chi connectivity index (χ1) is 19.6. The van der Waals surface area contributed by atoms with E-state index in [9.17, 15) is 28.3 Å². The van der Waals surface area contributed by atoms with Crippen LogP contribution >= 0.6 is 11.6 Å². The zero-order valence-electron chi connectivity index (χ0n) is 22.4. The third-order valence-electron chi connectivity index (χ3n) is 7.97. The van der Waals surface area contributed by atoms with Gasteiger partial charge < -0.3 is 14.9 Å². The normalized spacial score (nSPS) is 21.5. The Bertz CT molecular complexity index is 1500. The number of benzene rings is 2. The largest absolute Gasteiger partial charge is 0.465 e. The smallest absolute Gasteiger partial charge is 0.407 e. The van der Waals surface area contributed by atoms with Crippen molar-refractivity contribution in [2.75, 3.05) is 37.6 Å². The summed E-state index contributed by atoms with van der Waals surface area (Å²) >= 11 is 6.02. The summed E-state index contributed by atoms with van der Waals surface area (Å²) in [7, 11) is 1.52. The molecule has 0 radical (unpaired) electrons. The molecule has 0 unspecified atom stereocenters. The van der Waals surface area contributed by atoms with Gasteiger partial charge in [-0.05, 0) is 48.2 Å². The van der Waals surface area contributed by atoms with Crippen molar-refractivity contribution in [3.8, 4) is 0 Å². The predicted octanol–water partition coefficient (Wildman–Crippen LogP) is 4.28. The van der Waals surface area contributed by atoms with Crippen LogP contribution in [0.1, 0.15) is 35.9 Å². The third-order valence-corrected chi connectivity index (χ3v) is 8.23. The van der Waals surface area contributed by atoms with E-state index in [4.69, 9.17) is 11.6 Å². The summed E-state index contributed by atoms with van der Waals surface area (Å²) in [6, 6.07) is 13.0. The van der Waals surface area contributed by atoms with Crippen LogP contribution in [0.5, 0.6) is 0 Å². The molecule has 2 aliphatic rings. The Morgan fingerprint density at radius 3 is 2.44 bits per heavy atom. The molecule has 12 heteroatoms. The van der Waals surface area contributed by atoms with Crippen LogP contribution in [0.25, 0.3) is 0 Å². The fraction of sp³-hybridized carbons (Fsp3) is 0.379. The van der Waals surface area contributed by atoms with Gasteiger partial charge in [0.15, 0.2) is 0 Å². The Kier molecular flexibility index (Phi) is 8.25. The van der Waals surface area contributed by atoms with E-state index in [1.165, 1.54) is 34.8 Å². The quantitative estimate of drug-likeness (QED) is 0.491. The highest BCUT2D eigenvalue weighted by Crippen LogP contribution is 2.38. The Morgan fingerprint density at radius 2 is 1.76 bits per heavy atom. The maximum Gasteiger partial charge on any atom is 0.407 e. The number of carboxylic acid groups (broad SMARTS) is 1. The number of aryl methyl sites for hydroxylation is 1. The van der Waals surface area contributed by atoms with E-state index in [-0.39, 0.29) is 49.3 Å². The molecular formula is C29H30ClF2N5O4. The first-order valence-corrected chi connectivity index (χ1v) is 13.8. The lowest BCUT2D eigenvalue weighted by Crippen LogP contribution is -2.47.